The summed E-state index contributed by atoms with van der Waals surface area (Å²) in [7, 11) is 0. The lowest BCUT2D eigenvalue weighted by molar-refractivity contribution is 0.0846. The summed E-state index contributed by atoms with van der Waals surface area (Å²) in [6.07, 6.45) is 2.02. The third-order valence-electron chi connectivity index (χ3n) is 2.66. The van der Waals surface area contributed by atoms with Gasteiger partial charge in [0.15, 0.2) is 0 Å². The average Bonchev–Trinajstić information content (AvgIpc) is 2.65. The fourth-order valence-corrected chi connectivity index (χ4v) is 3.45. The van der Waals surface area contributed by atoms with E-state index in [1.807, 2.05) is 24.5 Å². The number of nitrogens with one attached hydrogen (secondary N) is 1. The molecule has 1 atom stereocenters. The monoisotopic (exact) mass is 287 g/mol. The van der Waals surface area contributed by atoms with Crippen molar-refractivity contribution in [2.24, 2.45) is 0 Å². The van der Waals surface area contributed by atoms with E-state index in [-0.39, 0.29) is 5.41 Å². The Morgan fingerprint density at radius 1 is 1.28 bits per heavy atom. The van der Waals surface area contributed by atoms with Crippen molar-refractivity contribution in [3.05, 3.63) is 21.9 Å². The van der Waals surface area contributed by atoms with Gasteiger partial charge >= 0.3 is 0 Å². The molecule has 0 saturated heterocycles. The normalized spacial score (nSPS) is 15.7. The summed E-state index contributed by atoms with van der Waals surface area (Å²) >= 11 is 3.53. The standard InChI is InChI=1S/C14H25NOS2/c1-13(2,3)12-7-6-11(18-12)8-15-9-14(4,16)10-17-5/h6-7,15-16H,8-10H2,1-5H3. The molecule has 0 aliphatic heterocycles. The SMILES string of the molecule is CSCC(C)(O)CNCc1ccc(C(C)(C)C)s1. The van der Waals surface area contributed by atoms with Crippen LogP contribution in [0.4, 0.5) is 0 Å². The molecule has 1 aromatic rings. The molecule has 1 heterocycles. The minimum atomic E-state index is -0.621. The molecule has 0 saturated carbocycles. The van der Waals surface area contributed by atoms with E-state index in [0.717, 1.165) is 12.3 Å². The Bertz CT molecular complexity index is 366. The molecule has 0 amide bonds. The Labute approximate surface area is 119 Å². The second kappa shape index (κ2) is 6.42. The zero-order valence-corrected chi connectivity index (χ0v) is 13.7. The van der Waals surface area contributed by atoms with Crippen LogP contribution in [-0.4, -0.2) is 29.3 Å². The van der Waals surface area contributed by atoms with E-state index in [1.54, 1.807) is 11.8 Å². The van der Waals surface area contributed by atoms with E-state index < -0.39 is 5.60 Å². The van der Waals surface area contributed by atoms with E-state index in [4.69, 9.17) is 0 Å². The summed E-state index contributed by atoms with van der Waals surface area (Å²) in [5.41, 5.74) is -0.392. The van der Waals surface area contributed by atoms with E-state index in [9.17, 15) is 5.11 Å². The predicted octanol–water partition coefficient (Wildman–Crippen LogP) is 3.25. The number of thioether (sulfide) groups is 1. The highest BCUT2D eigenvalue weighted by molar-refractivity contribution is 7.98. The van der Waals surface area contributed by atoms with E-state index in [0.29, 0.717) is 6.54 Å². The number of hydrogen-bond acceptors (Lipinski definition) is 4. The first kappa shape index (κ1) is 16.0. The molecule has 2 N–H and O–H groups in total. The molecule has 0 spiro atoms. The van der Waals surface area contributed by atoms with Crippen molar-refractivity contribution in [2.75, 3.05) is 18.6 Å². The molecule has 0 radical (unpaired) electrons. The minimum absolute atomic E-state index is 0.229. The highest BCUT2D eigenvalue weighted by Crippen LogP contribution is 2.29. The molecule has 0 aliphatic rings. The number of rotatable bonds is 6. The molecule has 1 rings (SSSR count). The lowest BCUT2D eigenvalue weighted by Crippen LogP contribution is -2.39. The number of aliphatic hydroxyl groups is 1. The molecule has 0 aromatic carbocycles. The molecule has 2 nitrogen and oxygen atoms in total. The summed E-state index contributed by atoms with van der Waals surface area (Å²) in [6.45, 7) is 10.1. The van der Waals surface area contributed by atoms with Crippen LogP contribution in [-0.2, 0) is 12.0 Å². The third-order valence-corrected chi connectivity index (χ3v) is 5.08. The van der Waals surface area contributed by atoms with E-state index in [1.165, 1.54) is 9.75 Å². The van der Waals surface area contributed by atoms with Gasteiger partial charge in [-0.15, -0.1) is 11.3 Å². The lowest BCUT2D eigenvalue weighted by Gasteiger charge is -2.22. The van der Waals surface area contributed by atoms with Crippen molar-refractivity contribution in [1.29, 1.82) is 0 Å². The van der Waals surface area contributed by atoms with Gasteiger partial charge in [-0.25, -0.2) is 0 Å². The Hall–Kier alpha value is -0.0300. The molecular formula is C14H25NOS2. The minimum Gasteiger partial charge on any atom is -0.388 e. The summed E-state index contributed by atoms with van der Waals surface area (Å²) in [5, 5.41) is 13.4. The van der Waals surface area contributed by atoms with Crippen molar-refractivity contribution in [2.45, 2.75) is 45.3 Å². The van der Waals surface area contributed by atoms with Crippen LogP contribution in [0.3, 0.4) is 0 Å². The zero-order valence-electron chi connectivity index (χ0n) is 12.0. The van der Waals surface area contributed by atoms with Gasteiger partial charge in [0.1, 0.15) is 0 Å². The highest BCUT2D eigenvalue weighted by Gasteiger charge is 2.19. The van der Waals surface area contributed by atoms with Gasteiger partial charge in [-0.05, 0) is 30.7 Å². The number of hydrogen-bond donors (Lipinski definition) is 2. The van der Waals surface area contributed by atoms with Crippen LogP contribution in [0.25, 0.3) is 0 Å². The van der Waals surface area contributed by atoms with Gasteiger partial charge in [0.25, 0.3) is 0 Å². The Kier molecular flexibility index (Phi) is 5.71. The van der Waals surface area contributed by atoms with Crippen molar-refractivity contribution >= 4 is 23.1 Å². The van der Waals surface area contributed by atoms with Crippen molar-refractivity contribution in [3.8, 4) is 0 Å². The molecule has 1 aromatic heterocycles. The fraction of sp³-hybridized carbons (Fsp3) is 0.714. The van der Waals surface area contributed by atoms with Gasteiger partial charge in [-0.2, -0.15) is 11.8 Å². The van der Waals surface area contributed by atoms with Crippen LogP contribution in [0.1, 0.15) is 37.4 Å². The van der Waals surface area contributed by atoms with Crippen LogP contribution < -0.4 is 5.32 Å². The van der Waals surface area contributed by atoms with Crippen molar-refractivity contribution < 1.29 is 5.11 Å². The van der Waals surface area contributed by atoms with Gasteiger partial charge in [0.05, 0.1) is 5.60 Å². The second-order valence-corrected chi connectivity index (χ2v) is 8.08. The maximum absolute atomic E-state index is 10.0. The van der Waals surface area contributed by atoms with Crippen molar-refractivity contribution in [1.82, 2.24) is 5.32 Å². The quantitative estimate of drug-likeness (QED) is 0.842. The molecule has 0 aliphatic carbocycles. The van der Waals surface area contributed by atoms with Gasteiger partial charge < -0.3 is 10.4 Å². The van der Waals surface area contributed by atoms with Crippen molar-refractivity contribution in [3.63, 3.8) is 0 Å². The largest absolute Gasteiger partial charge is 0.388 e. The molecule has 0 fully saturated rings. The van der Waals surface area contributed by atoms with Crippen LogP contribution >= 0.6 is 23.1 Å². The Morgan fingerprint density at radius 2 is 1.94 bits per heavy atom. The van der Waals surface area contributed by atoms with Gasteiger partial charge in [-0.3, -0.25) is 0 Å². The smallest absolute Gasteiger partial charge is 0.0833 e. The first-order chi connectivity index (χ1) is 8.24. The van der Waals surface area contributed by atoms with Crippen LogP contribution in [0.2, 0.25) is 0 Å². The predicted molar refractivity (Wildman–Crippen MR) is 83.7 cm³/mol. The zero-order chi connectivity index (χ0) is 13.8. The third kappa shape index (κ3) is 5.31. The molecular weight excluding hydrogens is 262 g/mol. The highest BCUT2D eigenvalue weighted by atomic mass is 32.2. The summed E-state index contributed by atoms with van der Waals surface area (Å²) < 4.78 is 0. The summed E-state index contributed by atoms with van der Waals surface area (Å²) in [5.74, 6) is 0.762. The Morgan fingerprint density at radius 3 is 2.44 bits per heavy atom. The van der Waals surface area contributed by atoms with E-state index in [2.05, 4.69) is 38.2 Å². The molecule has 104 valence electrons. The van der Waals surface area contributed by atoms with Gasteiger partial charge in [0.2, 0.25) is 0 Å². The molecule has 4 heteroatoms. The summed E-state index contributed by atoms with van der Waals surface area (Å²) in [4.78, 5) is 2.75. The van der Waals surface area contributed by atoms with Gasteiger partial charge in [0, 0.05) is 28.6 Å². The molecule has 18 heavy (non-hydrogen) atoms. The maximum Gasteiger partial charge on any atom is 0.0833 e. The van der Waals surface area contributed by atoms with Gasteiger partial charge in [-0.1, -0.05) is 20.8 Å². The second-order valence-electron chi connectivity index (χ2n) is 6.05. The first-order valence-electron chi connectivity index (χ1n) is 6.26. The fourth-order valence-electron chi connectivity index (χ4n) is 1.69. The Balaban J connectivity index is 2.43. The number of thiophene rings is 1. The van der Waals surface area contributed by atoms with Crippen LogP contribution in [0.15, 0.2) is 12.1 Å². The van der Waals surface area contributed by atoms with Crippen LogP contribution in [0.5, 0.6) is 0 Å². The summed E-state index contributed by atoms with van der Waals surface area (Å²) in [6, 6.07) is 4.39. The molecule has 1 unspecified atom stereocenters. The average molecular weight is 287 g/mol. The topological polar surface area (TPSA) is 32.3 Å². The van der Waals surface area contributed by atoms with E-state index >= 15 is 0 Å². The first-order valence-corrected chi connectivity index (χ1v) is 8.47. The van der Waals surface area contributed by atoms with Crippen LogP contribution in [0, 0.1) is 0 Å². The molecule has 0 bridgehead atoms. The lowest BCUT2D eigenvalue weighted by atomic mass is 9.95. The maximum atomic E-state index is 10.0.